The van der Waals surface area contributed by atoms with Crippen molar-refractivity contribution in [3.8, 4) is 5.75 Å². The lowest BCUT2D eigenvalue weighted by Crippen LogP contribution is -2.47. The van der Waals surface area contributed by atoms with E-state index in [1.165, 1.54) is 19.4 Å². The second-order valence-corrected chi connectivity index (χ2v) is 6.87. The molecule has 2 N–H and O–H groups in total. The number of carbonyl (C=O) groups excluding carboxylic acids is 1. The average Bonchev–Trinajstić information content (AvgIpc) is 2.52. The zero-order valence-corrected chi connectivity index (χ0v) is 14.5. The normalized spacial score (nSPS) is 22.7. The number of nitrogens with one attached hydrogen (secondary N) is 1. The van der Waals surface area contributed by atoms with Crippen LogP contribution >= 0.6 is 0 Å². The molecule has 1 aliphatic rings. The smallest absolute Gasteiger partial charge is 0.251 e. The van der Waals surface area contributed by atoms with Crippen molar-refractivity contribution in [2.75, 3.05) is 27.2 Å². The van der Waals surface area contributed by atoms with Crippen LogP contribution in [-0.4, -0.2) is 48.8 Å². The number of hydrogen-bond acceptors (Lipinski definition) is 4. The first-order chi connectivity index (χ1) is 10.8. The van der Waals surface area contributed by atoms with Gasteiger partial charge in [0.15, 0.2) is 0 Å². The van der Waals surface area contributed by atoms with Crippen LogP contribution in [0.3, 0.4) is 0 Å². The monoisotopic (exact) mass is 320 g/mol. The average molecular weight is 320 g/mol. The summed E-state index contributed by atoms with van der Waals surface area (Å²) in [5.41, 5.74) is -0.105. The summed E-state index contributed by atoms with van der Waals surface area (Å²) in [6, 6.07) is 8.40. The third-order valence-corrected chi connectivity index (χ3v) is 4.54. The lowest BCUT2D eigenvalue weighted by atomic mass is 9.84. The number of hydrogen-bond donors (Lipinski definition) is 2. The molecule has 0 saturated carbocycles. The maximum absolute atomic E-state index is 11.9. The first-order valence-electron chi connectivity index (χ1n) is 8.18. The van der Waals surface area contributed by atoms with Crippen molar-refractivity contribution >= 4 is 5.91 Å². The number of aliphatic hydroxyl groups is 1. The van der Waals surface area contributed by atoms with Gasteiger partial charge in [-0.2, -0.15) is 0 Å². The fourth-order valence-corrected chi connectivity index (χ4v) is 3.24. The first kappa shape index (κ1) is 17.8. The van der Waals surface area contributed by atoms with Crippen LogP contribution in [0.2, 0.25) is 0 Å². The molecule has 2 atom stereocenters. The van der Waals surface area contributed by atoms with E-state index < -0.39 is 5.60 Å². The summed E-state index contributed by atoms with van der Waals surface area (Å²) in [5.74, 6) is 0.853. The van der Waals surface area contributed by atoms with Crippen molar-refractivity contribution < 1.29 is 14.6 Å². The van der Waals surface area contributed by atoms with Gasteiger partial charge in [0.2, 0.25) is 0 Å². The van der Waals surface area contributed by atoms with E-state index in [1.54, 1.807) is 7.11 Å². The van der Waals surface area contributed by atoms with Gasteiger partial charge in [-0.1, -0.05) is 12.1 Å². The second kappa shape index (κ2) is 7.32. The molecule has 128 valence electrons. The molecule has 5 nitrogen and oxygen atoms in total. The van der Waals surface area contributed by atoms with E-state index in [9.17, 15) is 9.90 Å². The minimum absolute atomic E-state index is 0.261. The van der Waals surface area contributed by atoms with Crippen molar-refractivity contribution in [2.24, 2.45) is 5.92 Å². The van der Waals surface area contributed by atoms with Crippen LogP contribution in [0.15, 0.2) is 24.3 Å². The minimum Gasteiger partial charge on any atom is -0.497 e. The summed E-state index contributed by atoms with van der Waals surface area (Å²) in [6.45, 7) is 4.64. The summed E-state index contributed by atoms with van der Waals surface area (Å²) in [7, 11) is 3.79. The van der Waals surface area contributed by atoms with Crippen LogP contribution in [0.25, 0.3) is 0 Å². The molecule has 2 rings (SSSR count). The third-order valence-electron chi connectivity index (χ3n) is 4.54. The van der Waals surface area contributed by atoms with Gasteiger partial charge >= 0.3 is 0 Å². The quantitative estimate of drug-likeness (QED) is 0.871. The van der Waals surface area contributed by atoms with E-state index in [1.807, 2.05) is 12.1 Å². The Morgan fingerprint density at radius 3 is 2.61 bits per heavy atom. The molecule has 0 spiro atoms. The van der Waals surface area contributed by atoms with E-state index >= 15 is 0 Å². The highest BCUT2D eigenvalue weighted by Crippen LogP contribution is 2.35. The van der Waals surface area contributed by atoms with Gasteiger partial charge in [0.25, 0.3) is 5.91 Å². The zero-order chi connectivity index (χ0) is 17.0. The van der Waals surface area contributed by atoms with Gasteiger partial charge in [0, 0.05) is 12.6 Å². The number of piperidine rings is 1. The standard InChI is InChI=1S/C18H28N2O3/c1-18(2,22)17(21)19-12-14-6-5-11-20(3)16(14)13-7-9-15(23-4)10-8-13/h7-10,14,16,22H,5-6,11-12H2,1-4H3,(H,19,21)/t14-,16+/m1/s1. The largest absolute Gasteiger partial charge is 0.497 e. The van der Waals surface area contributed by atoms with Crippen LogP contribution < -0.4 is 10.1 Å². The number of nitrogens with zero attached hydrogens (tertiary/aromatic N) is 1. The number of carbonyl (C=O) groups is 1. The molecule has 1 fully saturated rings. The minimum atomic E-state index is -1.34. The maximum Gasteiger partial charge on any atom is 0.251 e. The lowest BCUT2D eigenvalue weighted by Gasteiger charge is -2.40. The molecular weight excluding hydrogens is 292 g/mol. The van der Waals surface area contributed by atoms with Crippen LogP contribution in [0, 0.1) is 5.92 Å². The highest BCUT2D eigenvalue weighted by Gasteiger charge is 2.32. The Labute approximate surface area is 138 Å². The highest BCUT2D eigenvalue weighted by atomic mass is 16.5. The molecule has 0 radical (unpaired) electrons. The fourth-order valence-electron chi connectivity index (χ4n) is 3.24. The number of amides is 1. The van der Waals surface area contributed by atoms with Crippen LogP contribution in [0.5, 0.6) is 5.75 Å². The molecule has 1 amide bonds. The van der Waals surface area contributed by atoms with E-state index in [-0.39, 0.29) is 11.9 Å². The number of methoxy groups -OCH3 is 1. The first-order valence-corrected chi connectivity index (χ1v) is 8.18. The SMILES string of the molecule is COc1ccc([C@H]2[C@@H](CNC(=O)C(C)(C)O)CCCN2C)cc1. The summed E-state index contributed by atoms with van der Waals surface area (Å²) >= 11 is 0. The molecule has 1 aliphatic heterocycles. The topological polar surface area (TPSA) is 61.8 Å². The van der Waals surface area contributed by atoms with Crippen molar-refractivity contribution in [2.45, 2.75) is 38.3 Å². The molecule has 0 bridgehead atoms. The molecule has 0 aliphatic carbocycles. The lowest BCUT2D eigenvalue weighted by molar-refractivity contribution is -0.136. The Morgan fingerprint density at radius 1 is 1.39 bits per heavy atom. The zero-order valence-electron chi connectivity index (χ0n) is 14.5. The van der Waals surface area contributed by atoms with Crippen LogP contribution in [-0.2, 0) is 4.79 Å². The Balaban J connectivity index is 2.10. The Morgan fingerprint density at radius 2 is 2.04 bits per heavy atom. The molecule has 1 aromatic carbocycles. The molecular formula is C18H28N2O3. The molecule has 1 heterocycles. The van der Waals surface area contributed by atoms with E-state index in [4.69, 9.17) is 4.74 Å². The van der Waals surface area contributed by atoms with Crippen LogP contribution in [0.1, 0.15) is 38.3 Å². The van der Waals surface area contributed by atoms with Crippen molar-refractivity contribution in [3.63, 3.8) is 0 Å². The van der Waals surface area contributed by atoms with Crippen LogP contribution in [0.4, 0.5) is 0 Å². The van der Waals surface area contributed by atoms with Gasteiger partial charge in [-0.3, -0.25) is 9.69 Å². The third kappa shape index (κ3) is 4.45. The molecule has 0 unspecified atom stereocenters. The van der Waals surface area contributed by atoms with Crippen molar-refractivity contribution in [1.29, 1.82) is 0 Å². The molecule has 1 aromatic rings. The Hall–Kier alpha value is -1.59. The van der Waals surface area contributed by atoms with E-state index in [2.05, 4.69) is 29.4 Å². The van der Waals surface area contributed by atoms with Gasteiger partial charge in [0.1, 0.15) is 11.4 Å². The number of likely N-dealkylation sites (tertiary alicyclic amines) is 1. The predicted molar refractivity (Wildman–Crippen MR) is 90.4 cm³/mol. The van der Waals surface area contributed by atoms with Gasteiger partial charge in [-0.05, 0) is 63.9 Å². The summed E-state index contributed by atoms with van der Waals surface area (Å²) in [4.78, 5) is 14.3. The van der Waals surface area contributed by atoms with E-state index in [0.717, 1.165) is 25.1 Å². The number of rotatable bonds is 5. The van der Waals surface area contributed by atoms with Crippen molar-refractivity contribution in [3.05, 3.63) is 29.8 Å². The van der Waals surface area contributed by atoms with Gasteiger partial charge < -0.3 is 15.2 Å². The number of ether oxygens (including phenoxy) is 1. The maximum atomic E-state index is 11.9. The second-order valence-electron chi connectivity index (χ2n) is 6.87. The summed E-state index contributed by atoms with van der Waals surface area (Å²) < 4.78 is 5.23. The van der Waals surface area contributed by atoms with E-state index in [0.29, 0.717) is 12.5 Å². The predicted octanol–water partition coefficient (Wildman–Crippen LogP) is 1.97. The molecule has 23 heavy (non-hydrogen) atoms. The molecule has 1 saturated heterocycles. The molecule has 0 aromatic heterocycles. The highest BCUT2D eigenvalue weighted by molar-refractivity contribution is 5.83. The van der Waals surface area contributed by atoms with Gasteiger partial charge in [0.05, 0.1) is 7.11 Å². The van der Waals surface area contributed by atoms with Crippen molar-refractivity contribution in [1.82, 2.24) is 10.2 Å². The van der Waals surface area contributed by atoms with Gasteiger partial charge in [-0.25, -0.2) is 0 Å². The van der Waals surface area contributed by atoms with Gasteiger partial charge in [-0.15, -0.1) is 0 Å². The Bertz CT molecular complexity index is 522. The number of benzene rings is 1. The summed E-state index contributed by atoms with van der Waals surface area (Å²) in [6.07, 6.45) is 2.18. The molecule has 5 heteroatoms. The fraction of sp³-hybridized carbons (Fsp3) is 0.611. The summed E-state index contributed by atoms with van der Waals surface area (Å²) in [5, 5.41) is 12.7. The Kier molecular flexibility index (Phi) is 5.65.